The molecule has 4 nitrogen and oxygen atoms in total. The molecule has 1 aliphatic heterocycles. The van der Waals surface area contributed by atoms with Gasteiger partial charge in [0.15, 0.2) is 0 Å². The smallest absolute Gasteiger partial charge is 0.195 e. The van der Waals surface area contributed by atoms with E-state index in [9.17, 15) is 8.42 Å². The van der Waals surface area contributed by atoms with E-state index in [1.807, 2.05) is 0 Å². The van der Waals surface area contributed by atoms with Crippen molar-refractivity contribution < 1.29 is 8.42 Å². The Bertz CT molecular complexity index is 311. The molecule has 0 saturated carbocycles. The van der Waals surface area contributed by atoms with Gasteiger partial charge in [-0.2, -0.15) is 17.0 Å². The van der Waals surface area contributed by atoms with Crippen LogP contribution in [0.15, 0.2) is 0 Å². The van der Waals surface area contributed by atoms with Gasteiger partial charge in [-0.1, -0.05) is 29.8 Å². The molecule has 0 amide bonds. The normalized spacial score (nSPS) is 18.4. The maximum absolute atomic E-state index is 12.5. The lowest BCUT2D eigenvalue weighted by Gasteiger charge is -2.32. The highest BCUT2D eigenvalue weighted by Crippen LogP contribution is 2.21. The fraction of sp³-hybridized carbons (Fsp3) is 1.00. The van der Waals surface area contributed by atoms with Gasteiger partial charge in [-0.25, -0.2) is 0 Å². The zero-order chi connectivity index (χ0) is 12.9. The zero-order valence-corrected chi connectivity index (χ0v) is 13.1. The van der Waals surface area contributed by atoms with E-state index in [2.05, 4.69) is 29.8 Å². The highest BCUT2D eigenvalue weighted by molar-refractivity contribution is 9.09. The van der Waals surface area contributed by atoms with Crippen molar-refractivity contribution in [2.75, 3.05) is 25.0 Å². The summed E-state index contributed by atoms with van der Waals surface area (Å²) in [6.45, 7) is 6.03. The average Bonchev–Trinajstić information content (AvgIpc) is 2.83. The van der Waals surface area contributed by atoms with Gasteiger partial charge in [-0.15, -0.1) is 0 Å². The van der Waals surface area contributed by atoms with Gasteiger partial charge in [-0.05, 0) is 25.7 Å². The molecule has 0 bridgehead atoms. The van der Waals surface area contributed by atoms with Crippen LogP contribution in [0.1, 0.15) is 39.5 Å². The molecule has 0 spiro atoms. The molecule has 1 heterocycles. The summed E-state index contributed by atoms with van der Waals surface area (Å²) in [5.74, 6) is 0. The number of hydrogen-bond donors (Lipinski definition) is 0. The SMILES string of the molecule is CCC(CC)N(CCBr)S(=O)(=O)N1CCCC1. The van der Waals surface area contributed by atoms with Crippen molar-refractivity contribution >= 4 is 26.1 Å². The minimum absolute atomic E-state index is 0.123. The first kappa shape index (κ1) is 15.4. The van der Waals surface area contributed by atoms with E-state index in [-0.39, 0.29) is 6.04 Å². The third-order valence-electron chi connectivity index (χ3n) is 3.34. The van der Waals surface area contributed by atoms with Crippen molar-refractivity contribution in [2.45, 2.75) is 45.6 Å². The Morgan fingerprint density at radius 2 is 1.76 bits per heavy atom. The molecule has 1 rings (SSSR count). The molecular weight excluding hydrogens is 304 g/mol. The topological polar surface area (TPSA) is 40.6 Å². The maximum atomic E-state index is 12.5. The Labute approximate surface area is 114 Å². The number of nitrogens with zero attached hydrogens (tertiary/aromatic N) is 2. The molecule has 6 heteroatoms. The van der Waals surface area contributed by atoms with Gasteiger partial charge >= 0.3 is 0 Å². The second-order valence-corrected chi connectivity index (χ2v) is 7.06. The first-order valence-electron chi connectivity index (χ1n) is 6.40. The molecule has 0 aromatic rings. The summed E-state index contributed by atoms with van der Waals surface area (Å²) in [4.78, 5) is 0. The molecule has 1 aliphatic rings. The Balaban J connectivity index is 2.87. The van der Waals surface area contributed by atoms with Gasteiger partial charge in [0, 0.05) is 31.0 Å². The second kappa shape index (κ2) is 7.07. The lowest BCUT2D eigenvalue weighted by molar-refractivity contribution is 0.291. The Hall–Kier alpha value is 0.350. The zero-order valence-electron chi connectivity index (χ0n) is 10.7. The summed E-state index contributed by atoms with van der Waals surface area (Å²) in [7, 11) is -3.25. The molecule has 1 fully saturated rings. The molecule has 0 atom stereocenters. The van der Waals surface area contributed by atoms with Crippen LogP contribution in [-0.4, -0.2) is 48.0 Å². The van der Waals surface area contributed by atoms with Crippen molar-refractivity contribution in [2.24, 2.45) is 0 Å². The molecule has 1 saturated heterocycles. The Morgan fingerprint density at radius 1 is 1.24 bits per heavy atom. The summed E-state index contributed by atoms with van der Waals surface area (Å²) < 4.78 is 28.3. The van der Waals surface area contributed by atoms with Crippen molar-refractivity contribution in [3.8, 4) is 0 Å². The minimum atomic E-state index is -3.25. The van der Waals surface area contributed by atoms with Gasteiger partial charge in [0.25, 0.3) is 10.2 Å². The van der Waals surface area contributed by atoms with Crippen LogP contribution in [0.25, 0.3) is 0 Å². The Morgan fingerprint density at radius 3 is 2.18 bits per heavy atom. The van der Waals surface area contributed by atoms with Gasteiger partial charge in [0.05, 0.1) is 0 Å². The lowest BCUT2D eigenvalue weighted by atomic mass is 10.2. The molecule has 102 valence electrons. The lowest BCUT2D eigenvalue weighted by Crippen LogP contribution is -2.48. The molecular formula is C11H23BrN2O2S. The van der Waals surface area contributed by atoms with Crippen LogP contribution >= 0.6 is 15.9 Å². The molecule has 0 aromatic carbocycles. The van der Waals surface area contributed by atoms with Crippen LogP contribution in [0, 0.1) is 0 Å². The Kier molecular flexibility index (Phi) is 6.40. The molecule has 0 aromatic heterocycles. The predicted molar refractivity (Wildman–Crippen MR) is 74.6 cm³/mol. The van der Waals surface area contributed by atoms with Crippen molar-refractivity contribution in [1.29, 1.82) is 0 Å². The van der Waals surface area contributed by atoms with Gasteiger partial charge in [0.2, 0.25) is 0 Å². The monoisotopic (exact) mass is 326 g/mol. The van der Waals surface area contributed by atoms with Crippen molar-refractivity contribution in [3.05, 3.63) is 0 Å². The number of hydrogen-bond acceptors (Lipinski definition) is 2. The standard InChI is InChI=1S/C11H23BrN2O2S/c1-3-11(4-2)14(10-7-12)17(15,16)13-8-5-6-9-13/h11H,3-10H2,1-2H3. The minimum Gasteiger partial charge on any atom is -0.195 e. The molecule has 17 heavy (non-hydrogen) atoms. The summed E-state index contributed by atoms with van der Waals surface area (Å²) in [6, 6.07) is 0.123. The third kappa shape index (κ3) is 3.66. The first-order valence-corrected chi connectivity index (χ1v) is 8.92. The van der Waals surface area contributed by atoms with E-state index in [1.165, 1.54) is 0 Å². The number of rotatable bonds is 7. The molecule has 0 unspecified atom stereocenters. The highest BCUT2D eigenvalue weighted by atomic mass is 79.9. The van der Waals surface area contributed by atoms with Gasteiger partial charge in [0.1, 0.15) is 0 Å². The summed E-state index contributed by atoms with van der Waals surface area (Å²) >= 11 is 3.35. The molecule has 0 radical (unpaired) electrons. The van der Waals surface area contributed by atoms with E-state index in [0.717, 1.165) is 25.7 Å². The molecule has 0 aliphatic carbocycles. The molecule has 0 N–H and O–H groups in total. The predicted octanol–water partition coefficient (Wildman–Crippen LogP) is 2.21. The summed E-state index contributed by atoms with van der Waals surface area (Å²) in [5.41, 5.74) is 0. The van der Waals surface area contributed by atoms with Crippen LogP contribution in [0.2, 0.25) is 0 Å². The fourth-order valence-corrected chi connectivity index (χ4v) is 4.96. The van der Waals surface area contributed by atoms with Gasteiger partial charge in [-0.3, -0.25) is 0 Å². The fourth-order valence-electron chi connectivity index (χ4n) is 2.33. The van der Waals surface area contributed by atoms with E-state index in [1.54, 1.807) is 8.61 Å². The van der Waals surface area contributed by atoms with Crippen molar-refractivity contribution in [1.82, 2.24) is 8.61 Å². The quantitative estimate of drug-likeness (QED) is 0.673. The first-order chi connectivity index (χ1) is 8.07. The number of halogens is 1. The summed E-state index contributed by atoms with van der Waals surface area (Å²) in [5, 5.41) is 0.691. The second-order valence-electron chi connectivity index (χ2n) is 4.38. The average molecular weight is 327 g/mol. The van der Waals surface area contributed by atoms with Crippen LogP contribution in [0.5, 0.6) is 0 Å². The largest absolute Gasteiger partial charge is 0.282 e. The van der Waals surface area contributed by atoms with Crippen LogP contribution in [0.4, 0.5) is 0 Å². The third-order valence-corrected chi connectivity index (χ3v) is 5.79. The van der Waals surface area contributed by atoms with E-state index in [4.69, 9.17) is 0 Å². The van der Waals surface area contributed by atoms with Crippen molar-refractivity contribution in [3.63, 3.8) is 0 Å². The number of alkyl halides is 1. The highest BCUT2D eigenvalue weighted by Gasteiger charge is 2.34. The van der Waals surface area contributed by atoms with E-state index in [0.29, 0.717) is 25.0 Å². The van der Waals surface area contributed by atoms with Crippen LogP contribution < -0.4 is 0 Å². The van der Waals surface area contributed by atoms with Crippen LogP contribution in [0.3, 0.4) is 0 Å². The van der Waals surface area contributed by atoms with Crippen LogP contribution in [-0.2, 0) is 10.2 Å². The van der Waals surface area contributed by atoms with E-state index < -0.39 is 10.2 Å². The maximum Gasteiger partial charge on any atom is 0.282 e. The van der Waals surface area contributed by atoms with E-state index >= 15 is 0 Å². The van der Waals surface area contributed by atoms with Gasteiger partial charge < -0.3 is 0 Å². The summed E-state index contributed by atoms with van der Waals surface area (Å²) in [6.07, 6.45) is 3.72.